The van der Waals surface area contributed by atoms with Gasteiger partial charge in [-0.1, -0.05) is 25.1 Å². The number of piperidine rings is 1. The van der Waals surface area contributed by atoms with Gasteiger partial charge in [-0.25, -0.2) is 4.98 Å². The van der Waals surface area contributed by atoms with E-state index in [0.29, 0.717) is 17.9 Å². The van der Waals surface area contributed by atoms with Gasteiger partial charge in [-0.15, -0.1) is 0 Å². The Hall–Kier alpha value is -5.21. The summed E-state index contributed by atoms with van der Waals surface area (Å²) >= 11 is 0. The van der Waals surface area contributed by atoms with Gasteiger partial charge in [-0.3, -0.25) is 24.0 Å². The van der Waals surface area contributed by atoms with Crippen molar-refractivity contribution in [2.75, 3.05) is 43.9 Å². The van der Waals surface area contributed by atoms with E-state index < -0.39 is 0 Å². The van der Waals surface area contributed by atoms with Gasteiger partial charge in [0.25, 0.3) is 5.91 Å². The van der Waals surface area contributed by atoms with Gasteiger partial charge in [-0.2, -0.15) is 5.10 Å². The summed E-state index contributed by atoms with van der Waals surface area (Å²) in [5.41, 5.74) is 19.3. The van der Waals surface area contributed by atoms with Crippen LogP contribution in [0.3, 0.4) is 0 Å². The van der Waals surface area contributed by atoms with Crippen molar-refractivity contribution < 1.29 is 14.4 Å². The molecule has 7 N–H and O–H groups in total. The molecule has 14 nitrogen and oxygen atoms in total. The number of nitrogens with zero attached hydrogens (tertiary/aromatic N) is 6. The molecule has 3 aromatic rings. The van der Waals surface area contributed by atoms with E-state index in [9.17, 15) is 14.4 Å². The highest BCUT2D eigenvalue weighted by Gasteiger charge is 2.44. The fourth-order valence-electron chi connectivity index (χ4n) is 8.30. The number of amides is 2. The average Bonchev–Trinajstić information content (AvgIpc) is 4.09. The van der Waals surface area contributed by atoms with Crippen molar-refractivity contribution >= 4 is 29.5 Å². The first-order valence-corrected chi connectivity index (χ1v) is 19.7. The summed E-state index contributed by atoms with van der Waals surface area (Å²) in [5, 5.41) is 14.0. The number of likely N-dealkylation sites (tertiary alicyclic amines) is 2. The minimum absolute atomic E-state index is 0.00948. The van der Waals surface area contributed by atoms with Crippen molar-refractivity contribution in [1.82, 2.24) is 35.2 Å². The zero-order valence-electron chi connectivity index (χ0n) is 32.0. The normalized spacial score (nSPS) is 23.6. The molecule has 9 rings (SSSR count). The summed E-state index contributed by atoms with van der Waals surface area (Å²) in [4.78, 5) is 48.1. The van der Waals surface area contributed by atoms with Crippen LogP contribution in [-0.2, 0) is 16.1 Å². The molecule has 3 aliphatic carbocycles. The van der Waals surface area contributed by atoms with Gasteiger partial charge in [0, 0.05) is 61.9 Å². The predicted octanol–water partition coefficient (Wildman–Crippen LogP) is 3.61. The number of aldehydes is 1. The Morgan fingerprint density at radius 1 is 1.00 bits per heavy atom. The van der Waals surface area contributed by atoms with Gasteiger partial charge >= 0.3 is 0 Å². The van der Waals surface area contributed by atoms with Crippen LogP contribution in [0.2, 0.25) is 0 Å². The topological polar surface area (TPSA) is 180 Å². The van der Waals surface area contributed by atoms with E-state index in [4.69, 9.17) is 16.6 Å². The number of benzene rings is 1. The summed E-state index contributed by atoms with van der Waals surface area (Å²) < 4.78 is 2.17. The molecular formula is C41H53N11O3. The Morgan fingerprint density at radius 2 is 1.78 bits per heavy atom. The van der Waals surface area contributed by atoms with Crippen LogP contribution >= 0.6 is 0 Å². The smallest absolute Gasteiger partial charge is 0.269 e. The molecular weight excluding hydrogens is 695 g/mol. The molecule has 0 radical (unpaired) electrons. The molecule has 290 valence electrons. The standard InChI is InChI=1S/C35H42N10O3.C6H11N/c1-3-29-33-26(15-38-45(33)24-17-44(18-24)16-22-6-4-7-23(19-46)39-22)25-8-5-9-27(32(25)43(29)2)41-28(31(37)35(48)40-21-12-13-21)14-30(36)42-34(47)20-10-11-20;1-7-3-2-5-4-6(5)7/h4-9,14-15,19-21,24,29,41H,3,10-13,16-18,36-37H2,1-2H3,(H,40,48)(H,42,47);5-6H,2-4H2,1H3/b30-14+,31-28+;. The minimum atomic E-state index is -0.382. The largest absolute Gasteiger partial charge is 0.393 e. The second-order valence-corrected chi connectivity index (χ2v) is 16.0. The monoisotopic (exact) mass is 747 g/mol. The first-order chi connectivity index (χ1) is 26.6. The Balaban J connectivity index is 0.000000543. The van der Waals surface area contributed by atoms with Crippen molar-refractivity contribution in [1.29, 1.82) is 0 Å². The van der Waals surface area contributed by atoms with Crippen LogP contribution in [0, 0.1) is 11.8 Å². The fraction of sp³-hybridized carbons (Fsp3) is 0.488. The maximum Gasteiger partial charge on any atom is 0.269 e. The van der Waals surface area contributed by atoms with Gasteiger partial charge in [0.2, 0.25) is 5.91 Å². The number of nitrogens with two attached hydrogens (primary N) is 2. The number of hydrogen-bond donors (Lipinski definition) is 5. The molecule has 3 saturated carbocycles. The van der Waals surface area contributed by atoms with Crippen LogP contribution in [-0.4, -0.2) is 88.5 Å². The highest BCUT2D eigenvalue weighted by atomic mass is 16.2. The van der Waals surface area contributed by atoms with Crippen molar-refractivity contribution in [2.45, 2.75) is 82.6 Å². The van der Waals surface area contributed by atoms with E-state index in [0.717, 1.165) is 91.6 Å². The predicted molar refractivity (Wildman–Crippen MR) is 211 cm³/mol. The highest BCUT2D eigenvalue weighted by Crippen LogP contribution is 2.49. The fourth-order valence-corrected chi connectivity index (χ4v) is 8.30. The zero-order valence-corrected chi connectivity index (χ0v) is 32.0. The molecule has 6 aliphatic rings. The maximum atomic E-state index is 13.1. The van der Waals surface area contributed by atoms with E-state index >= 15 is 0 Å². The molecule has 2 aromatic heterocycles. The van der Waals surface area contributed by atoms with Gasteiger partial charge in [-0.05, 0) is 82.7 Å². The molecule has 2 amide bonds. The van der Waals surface area contributed by atoms with Crippen molar-refractivity contribution in [3.63, 3.8) is 0 Å². The first-order valence-electron chi connectivity index (χ1n) is 19.7. The number of carbonyl (C=O) groups excluding carboxylic acids is 3. The Kier molecular flexibility index (Phi) is 10.1. The first kappa shape index (κ1) is 36.8. The molecule has 14 heteroatoms. The number of hydrogen-bond acceptors (Lipinski definition) is 11. The molecule has 5 heterocycles. The molecule has 0 bridgehead atoms. The third-order valence-corrected chi connectivity index (χ3v) is 11.8. The summed E-state index contributed by atoms with van der Waals surface area (Å²) in [5.74, 6) is 0.697. The maximum absolute atomic E-state index is 13.1. The molecule has 1 aromatic carbocycles. The number of allylic oxidation sites excluding steroid dienone is 1. The van der Waals surface area contributed by atoms with E-state index in [1.165, 1.54) is 31.2 Å². The number of rotatable bonds is 12. The third-order valence-electron chi connectivity index (χ3n) is 11.8. The van der Waals surface area contributed by atoms with E-state index in [-0.39, 0.29) is 47.4 Å². The molecule has 3 aliphatic heterocycles. The van der Waals surface area contributed by atoms with E-state index in [2.05, 4.69) is 67.4 Å². The lowest BCUT2D eigenvalue weighted by Crippen LogP contribution is -2.48. The molecule has 5 fully saturated rings. The van der Waals surface area contributed by atoms with Crippen molar-refractivity contribution in [3.8, 4) is 11.1 Å². The van der Waals surface area contributed by atoms with Gasteiger partial charge in [0.05, 0.1) is 46.7 Å². The van der Waals surface area contributed by atoms with Gasteiger partial charge in [0.1, 0.15) is 17.2 Å². The second kappa shape index (κ2) is 15.1. The van der Waals surface area contributed by atoms with Crippen LogP contribution in [0.15, 0.2) is 65.9 Å². The van der Waals surface area contributed by atoms with E-state index in [1.807, 2.05) is 30.5 Å². The molecule has 3 unspecified atom stereocenters. The van der Waals surface area contributed by atoms with Crippen molar-refractivity contribution in [2.24, 2.45) is 23.3 Å². The second-order valence-electron chi connectivity index (χ2n) is 16.0. The molecule has 55 heavy (non-hydrogen) atoms. The summed E-state index contributed by atoms with van der Waals surface area (Å²) in [6, 6.07) is 12.9. The average molecular weight is 748 g/mol. The number of carbonyl (C=O) groups is 3. The number of aromatic nitrogens is 3. The van der Waals surface area contributed by atoms with E-state index in [1.54, 1.807) is 6.07 Å². The number of fused-ring (bicyclic) bond motifs is 4. The molecule has 0 spiro atoms. The van der Waals surface area contributed by atoms with Crippen LogP contribution in [0.1, 0.15) is 85.8 Å². The Bertz CT molecular complexity index is 2030. The minimum Gasteiger partial charge on any atom is -0.393 e. The third kappa shape index (κ3) is 7.83. The Labute approximate surface area is 322 Å². The number of anilines is 2. The molecule has 3 atom stereocenters. The summed E-state index contributed by atoms with van der Waals surface area (Å²) in [7, 11) is 4.31. The van der Waals surface area contributed by atoms with Crippen molar-refractivity contribution in [3.05, 3.63) is 83.0 Å². The number of nitrogens with one attached hydrogen (secondary N) is 3. The summed E-state index contributed by atoms with van der Waals surface area (Å²) in [6.07, 6.45) is 11.6. The number of pyridine rings is 1. The molecule has 2 saturated heterocycles. The van der Waals surface area contributed by atoms with Crippen LogP contribution < -0.4 is 32.3 Å². The number of para-hydroxylation sites is 1. The SMILES string of the molecule is CCC1c2c(cnn2C2CN(Cc3cccc(C=O)n3)C2)-c2cccc(NC(/C=C(\N)NC(=O)C3CC3)=C(/N)C(=O)NC3CC3)c2N1C.CN1CCC2CC21. The van der Waals surface area contributed by atoms with Gasteiger partial charge in [0.15, 0.2) is 6.29 Å². The zero-order chi connectivity index (χ0) is 38.4. The Morgan fingerprint density at radius 3 is 2.42 bits per heavy atom. The van der Waals surface area contributed by atoms with Gasteiger partial charge < -0.3 is 37.2 Å². The lowest BCUT2D eigenvalue weighted by atomic mass is 9.91. The highest BCUT2D eigenvalue weighted by molar-refractivity contribution is 5.96. The summed E-state index contributed by atoms with van der Waals surface area (Å²) in [6.45, 7) is 5.86. The van der Waals surface area contributed by atoms with Crippen LogP contribution in [0.5, 0.6) is 0 Å². The quantitative estimate of drug-likeness (QED) is 0.104. The van der Waals surface area contributed by atoms with Crippen LogP contribution in [0.4, 0.5) is 11.4 Å². The van der Waals surface area contributed by atoms with Crippen LogP contribution in [0.25, 0.3) is 11.1 Å². The lowest BCUT2D eigenvalue weighted by Gasteiger charge is -2.43. The lowest BCUT2D eigenvalue weighted by molar-refractivity contribution is -0.121.